The van der Waals surface area contributed by atoms with Crippen molar-refractivity contribution in [3.8, 4) is 5.75 Å². The molecule has 23 heavy (non-hydrogen) atoms. The maximum Gasteiger partial charge on any atom is 0.494 e. The van der Waals surface area contributed by atoms with Crippen molar-refractivity contribution in [2.75, 3.05) is 20.7 Å². The summed E-state index contributed by atoms with van der Waals surface area (Å²) >= 11 is 0. The Morgan fingerprint density at radius 1 is 1.09 bits per heavy atom. The first-order chi connectivity index (χ1) is 10.7. The summed E-state index contributed by atoms with van der Waals surface area (Å²) in [5.41, 5.74) is 2.97. The van der Waals surface area contributed by atoms with E-state index in [0.717, 1.165) is 37.2 Å². The number of hydrogen-bond acceptors (Lipinski definition) is 4. The van der Waals surface area contributed by atoms with Crippen LogP contribution in [-0.2, 0) is 22.3 Å². The number of rotatable bonds is 3. The molecule has 2 aliphatic heterocycles. The van der Waals surface area contributed by atoms with Gasteiger partial charge in [0.15, 0.2) is 0 Å². The van der Waals surface area contributed by atoms with Crippen molar-refractivity contribution in [2.24, 2.45) is 0 Å². The van der Waals surface area contributed by atoms with E-state index < -0.39 is 0 Å². The highest BCUT2D eigenvalue weighted by Crippen LogP contribution is 2.37. The maximum absolute atomic E-state index is 6.22. The van der Waals surface area contributed by atoms with Crippen molar-refractivity contribution in [1.29, 1.82) is 0 Å². The molecule has 0 unspecified atom stereocenters. The van der Waals surface area contributed by atoms with E-state index in [0.29, 0.717) is 0 Å². The molecule has 5 heteroatoms. The fraction of sp³-hybridized carbons (Fsp3) is 0.667. The molecule has 0 radical (unpaired) electrons. The van der Waals surface area contributed by atoms with Gasteiger partial charge in [0.1, 0.15) is 5.75 Å². The summed E-state index contributed by atoms with van der Waals surface area (Å²) in [6.45, 7) is 10.0. The SMILES string of the molecule is CN(C)Cc1cc(B2OC(C)(C)C(C)(C)O2)cc2c1OCCC2. The smallest absolute Gasteiger partial charge is 0.493 e. The molecule has 0 spiro atoms. The average Bonchev–Trinajstić information content (AvgIpc) is 2.67. The molecule has 0 bridgehead atoms. The van der Waals surface area contributed by atoms with Gasteiger partial charge in [0.2, 0.25) is 0 Å². The first kappa shape index (κ1) is 16.8. The predicted molar refractivity (Wildman–Crippen MR) is 93.4 cm³/mol. The standard InChI is InChI=1S/C18H28BNO3/c1-17(2)18(3,4)23-19(22-17)15-10-13-8-7-9-21-16(13)14(11-15)12-20(5)6/h10-11H,7-9,12H2,1-6H3. The van der Waals surface area contributed by atoms with Crippen LogP contribution in [-0.4, -0.2) is 43.9 Å². The molecule has 0 atom stereocenters. The van der Waals surface area contributed by atoms with Gasteiger partial charge >= 0.3 is 7.12 Å². The van der Waals surface area contributed by atoms with E-state index in [1.54, 1.807) is 0 Å². The van der Waals surface area contributed by atoms with Crippen LogP contribution in [0.3, 0.4) is 0 Å². The predicted octanol–water partition coefficient (Wildman–Crippen LogP) is 2.37. The Labute approximate surface area is 140 Å². The highest BCUT2D eigenvalue weighted by Gasteiger charge is 2.51. The van der Waals surface area contributed by atoms with E-state index in [-0.39, 0.29) is 18.3 Å². The first-order valence-corrected chi connectivity index (χ1v) is 8.48. The molecule has 0 amide bonds. The Kier molecular flexibility index (Phi) is 4.24. The molecule has 2 aliphatic rings. The van der Waals surface area contributed by atoms with Crippen LogP contribution < -0.4 is 10.2 Å². The number of nitrogens with zero attached hydrogens (tertiary/aromatic N) is 1. The van der Waals surface area contributed by atoms with Gasteiger partial charge in [0.25, 0.3) is 0 Å². The van der Waals surface area contributed by atoms with Crippen molar-refractivity contribution in [3.05, 3.63) is 23.3 Å². The van der Waals surface area contributed by atoms with Gasteiger partial charge < -0.3 is 18.9 Å². The minimum absolute atomic E-state index is 0.312. The Morgan fingerprint density at radius 3 is 2.35 bits per heavy atom. The molecule has 0 saturated carbocycles. The summed E-state index contributed by atoms with van der Waals surface area (Å²) in [6, 6.07) is 4.39. The number of hydrogen-bond donors (Lipinski definition) is 0. The fourth-order valence-electron chi connectivity index (χ4n) is 3.16. The van der Waals surface area contributed by atoms with Gasteiger partial charge in [-0.05, 0) is 65.7 Å². The number of fused-ring (bicyclic) bond motifs is 1. The Morgan fingerprint density at radius 2 is 1.74 bits per heavy atom. The average molecular weight is 317 g/mol. The summed E-state index contributed by atoms with van der Waals surface area (Å²) < 4.78 is 18.4. The van der Waals surface area contributed by atoms with E-state index in [1.165, 1.54) is 11.1 Å². The third-order valence-corrected chi connectivity index (χ3v) is 5.11. The lowest BCUT2D eigenvalue weighted by Gasteiger charge is -2.32. The van der Waals surface area contributed by atoms with E-state index in [4.69, 9.17) is 14.0 Å². The zero-order valence-electron chi connectivity index (χ0n) is 15.2. The summed E-state index contributed by atoms with van der Waals surface area (Å²) in [5.74, 6) is 1.06. The van der Waals surface area contributed by atoms with Crippen molar-refractivity contribution >= 4 is 12.6 Å². The van der Waals surface area contributed by atoms with Gasteiger partial charge in [-0.2, -0.15) is 0 Å². The lowest BCUT2D eigenvalue weighted by molar-refractivity contribution is 0.00578. The van der Waals surface area contributed by atoms with Crippen LogP contribution in [0.5, 0.6) is 5.75 Å². The van der Waals surface area contributed by atoms with E-state index in [1.807, 2.05) is 0 Å². The second-order valence-electron chi connectivity index (χ2n) is 7.95. The van der Waals surface area contributed by atoms with Crippen LogP contribution in [0.25, 0.3) is 0 Å². The van der Waals surface area contributed by atoms with Crippen LogP contribution in [0.2, 0.25) is 0 Å². The van der Waals surface area contributed by atoms with Crippen molar-refractivity contribution < 1.29 is 14.0 Å². The van der Waals surface area contributed by atoms with Crippen molar-refractivity contribution in [1.82, 2.24) is 4.90 Å². The van der Waals surface area contributed by atoms with E-state index in [9.17, 15) is 0 Å². The van der Waals surface area contributed by atoms with Gasteiger partial charge in [-0.1, -0.05) is 12.1 Å². The van der Waals surface area contributed by atoms with Gasteiger partial charge in [-0.3, -0.25) is 0 Å². The molecule has 1 saturated heterocycles. The monoisotopic (exact) mass is 317 g/mol. The third-order valence-electron chi connectivity index (χ3n) is 5.11. The molecule has 0 aliphatic carbocycles. The number of benzene rings is 1. The molecule has 126 valence electrons. The van der Waals surface area contributed by atoms with Crippen LogP contribution in [0.1, 0.15) is 45.2 Å². The Hall–Kier alpha value is -1.04. The van der Waals surface area contributed by atoms with Crippen LogP contribution >= 0.6 is 0 Å². The highest BCUT2D eigenvalue weighted by molar-refractivity contribution is 6.62. The van der Waals surface area contributed by atoms with Gasteiger partial charge in [0.05, 0.1) is 17.8 Å². The molecular formula is C18H28BNO3. The Balaban J connectivity index is 1.97. The molecule has 1 aromatic rings. The van der Waals surface area contributed by atoms with Crippen LogP contribution in [0.15, 0.2) is 12.1 Å². The van der Waals surface area contributed by atoms with Gasteiger partial charge in [-0.15, -0.1) is 0 Å². The number of ether oxygens (including phenoxy) is 1. The van der Waals surface area contributed by atoms with Gasteiger partial charge in [-0.25, -0.2) is 0 Å². The zero-order chi connectivity index (χ0) is 16.8. The quantitative estimate of drug-likeness (QED) is 0.801. The van der Waals surface area contributed by atoms with Gasteiger partial charge in [0, 0.05) is 12.1 Å². The largest absolute Gasteiger partial charge is 0.494 e. The minimum atomic E-state index is -0.314. The van der Waals surface area contributed by atoms with Crippen LogP contribution in [0, 0.1) is 0 Å². The minimum Gasteiger partial charge on any atom is -0.493 e. The zero-order valence-corrected chi connectivity index (χ0v) is 15.2. The molecule has 1 aromatic carbocycles. The summed E-state index contributed by atoms with van der Waals surface area (Å²) in [6.07, 6.45) is 2.13. The molecule has 0 aromatic heterocycles. The normalized spacial score (nSPS) is 22.1. The lowest BCUT2D eigenvalue weighted by Crippen LogP contribution is -2.41. The third kappa shape index (κ3) is 3.15. The molecule has 3 rings (SSSR count). The summed E-state index contributed by atoms with van der Waals surface area (Å²) in [5, 5.41) is 0. The first-order valence-electron chi connectivity index (χ1n) is 8.48. The fourth-order valence-corrected chi connectivity index (χ4v) is 3.16. The Bertz CT molecular complexity index is 582. The molecular weight excluding hydrogens is 289 g/mol. The summed E-state index contributed by atoms with van der Waals surface area (Å²) in [7, 11) is 3.85. The van der Waals surface area contributed by atoms with Crippen molar-refractivity contribution in [3.63, 3.8) is 0 Å². The van der Waals surface area contributed by atoms with Crippen molar-refractivity contribution in [2.45, 2.75) is 58.3 Å². The molecule has 1 fully saturated rings. The van der Waals surface area contributed by atoms with E-state index >= 15 is 0 Å². The second kappa shape index (κ2) is 5.80. The summed E-state index contributed by atoms with van der Waals surface area (Å²) in [4.78, 5) is 2.17. The molecule has 4 nitrogen and oxygen atoms in total. The lowest BCUT2D eigenvalue weighted by atomic mass is 9.76. The second-order valence-corrected chi connectivity index (χ2v) is 7.95. The molecule has 2 heterocycles. The number of aryl methyl sites for hydroxylation is 1. The topological polar surface area (TPSA) is 30.9 Å². The van der Waals surface area contributed by atoms with E-state index in [2.05, 4.69) is 58.8 Å². The molecule has 0 N–H and O–H groups in total. The van der Waals surface area contributed by atoms with Crippen LogP contribution in [0.4, 0.5) is 0 Å². The maximum atomic E-state index is 6.22. The highest BCUT2D eigenvalue weighted by atomic mass is 16.7.